The lowest BCUT2D eigenvalue weighted by molar-refractivity contribution is 0.413. The molecule has 6 heteroatoms. The van der Waals surface area contributed by atoms with E-state index in [1.54, 1.807) is 6.07 Å². The first-order chi connectivity index (χ1) is 8.01. The summed E-state index contributed by atoms with van der Waals surface area (Å²) in [4.78, 5) is 0.0646. The molecular weight excluding hydrogens is 240 g/mol. The van der Waals surface area contributed by atoms with Gasteiger partial charge in [-0.15, -0.1) is 0 Å². The molecule has 0 aliphatic carbocycles. The van der Waals surface area contributed by atoms with Crippen LogP contribution in [0, 0.1) is 11.3 Å². The maximum Gasteiger partial charge on any atom is 0.180 e. The van der Waals surface area contributed by atoms with Crippen molar-refractivity contribution >= 4 is 15.5 Å². The highest BCUT2D eigenvalue weighted by Crippen LogP contribution is 2.25. The summed E-state index contributed by atoms with van der Waals surface area (Å²) in [6, 6.07) is 6.41. The van der Waals surface area contributed by atoms with E-state index < -0.39 is 9.84 Å². The van der Waals surface area contributed by atoms with Gasteiger partial charge in [-0.1, -0.05) is 0 Å². The number of nitrogen functional groups attached to an aromatic ring is 1. The Hall–Kier alpha value is -1.74. The Morgan fingerprint density at radius 1 is 1.47 bits per heavy atom. The minimum absolute atomic E-state index is 0.0646. The average Bonchev–Trinajstić information content (AvgIpc) is 2.29. The van der Waals surface area contributed by atoms with Crippen LogP contribution in [0.2, 0.25) is 0 Å². The van der Waals surface area contributed by atoms with Crippen LogP contribution in [0.25, 0.3) is 0 Å². The number of rotatable bonds is 5. The van der Waals surface area contributed by atoms with Crippen molar-refractivity contribution in [3.05, 3.63) is 18.2 Å². The first kappa shape index (κ1) is 13.3. The minimum Gasteiger partial charge on any atom is -0.497 e. The van der Waals surface area contributed by atoms with Gasteiger partial charge in [0, 0.05) is 12.5 Å². The van der Waals surface area contributed by atoms with Crippen LogP contribution in [0.1, 0.15) is 12.8 Å². The molecule has 92 valence electrons. The molecular formula is C11H14N2O3S. The van der Waals surface area contributed by atoms with E-state index in [1.165, 1.54) is 19.2 Å². The second-order valence-corrected chi connectivity index (χ2v) is 5.56. The van der Waals surface area contributed by atoms with Crippen LogP contribution in [0.15, 0.2) is 23.1 Å². The van der Waals surface area contributed by atoms with Crippen molar-refractivity contribution in [1.29, 1.82) is 5.26 Å². The van der Waals surface area contributed by atoms with Gasteiger partial charge in [-0.25, -0.2) is 8.42 Å². The molecule has 1 aromatic rings. The second-order valence-electron chi connectivity index (χ2n) is 3.48. The highest BCUT2D eigenvalue weighted by Gasteiger charge is 2.18. The van der Waals surface area contributed by atoms with Gasteiger partial charge in [0.1, 0.15) is 5.75 Å². The predicted octanol–water partition coefficient (Wildman–Crippen LogP) is 1.35. The summed E-state index contributed by atoms with van der Waals surface area (Å²) in [5.74, 6) is 0.357. The number of benzene rings is 1. The summed E-state index contributed by atoms with van der Waals surface area (Å²) in [7, 11) is -2.00. The van der Waals surface area contributed by atoms with Crippen molar-refractivity contribution in [2.45, 2.75) is 17.7 Å². The van der Waals surface area contributed by atoms with Crippen molar-refractivity contribution in [3.63, 3.8) is 0 Å². The van der Waals surface area contributed by atoms with Gasteiger partial charge in [0.15, 0.2) is 9.84 Å². The first-order valence-electron chi connectivity index (χ1n) is 5.04. The van der Waals surface area contributed by atoms with E-state index in [9.17, 15) is 8.42 Å². The molecule has 0 bridgehead atoms. The van der Waals surface area contributed by atoms with Crippen LogP contribution in [-0.4, -0.2) is 21.3 Å². The molecule has 0 radical (unpaired) electrons. The molecule has 0 atom stereocenters. The molecule has 0 aliphatic heterocycles. The highest BCUT2D eigenvalue weighted by molar-refractivity contribution is 7.91. The Morgan fingerprint density at radius 2 is 2.18 bits per heavy atom. The lowest BCUT2D eigenvalue weighted by Crippen LogP contribution is -2.09. The van der Waals surface area contributed by atoms with Gasteiger partial charge in [-0.2, -0.15) is 5.26 Å². The van der Waals surface area contributed by atoms with Crippen LogP contribution in [-0.2, 0) is 9.84 Å². The third-order valence-corrected chi connectivity index (χ3v) is 4.11. The van der Waals surface area contributed by atoms with Crippen molar-refractivity contribution < 1.29 is 13.2 Å². The molecule has 0 unspecified atom stereocenters. The number of hydrogen-bond acceptors (Lipinski definition) is 5. The number of hydrogen-bond donors (Lipinski definition) is 1. The molecule has 5 nitrogen and oxygen atoms in total. The number of anilines is 1. The standard InChI is InChI=1S/C11H14N2O3S/c1-16-9-4-5-10(13)11(8-9)17(14,15)7-3-2-6-12/h4-5,8H,2-3,7,13H2,1H3. The maximum atomic E-state index is 12.0. The number of ether oxygens (including phenoxy) is 1. The van der Waals surface area contributed by atoms with Gasteiger partial charge in [0.05, 0.1) is 29.5 Å². The van der Waals surface area contributed by atoms with Crippen LogP contribution < -0.4 is 10.5 Å². The third kappa shape index (κ3) is 3.36. The van der Waals surface area contributed by atoms with E-state index >= 15 is 0 Å². The fraction of sp³-hybridized carbons (Fsp3) is 0.364. The second kappa shape index (κ2) is 5.55. The lowest BCUT2D eigenvalue weighted by Gasteiger charge is -2.08. The molecule has 1 aromatic carbocycles. The molecule has 0 saturated carbocycles. The van der Waals surface area contributed by atoms with Gasteiger partial charge in [-0.05, 0) is 18.6 Å². The van der Waals surface area contributed by atoms with Gasteiger partial charge in [0.2, 0.25) is 0 Å². The summed E-state index contributed by atoms with van der Waals surface area (Å²) in [5, 5.41) is 8.38. The maximum absolute atomic E-state index is 12.0. The van der Waals surface area contributed by atoms with Gasteiger partial charge in [-0.3, -0.25) is 0 Å². The number of sulfone groups is 1. The molecule has 0 saturated heterocycles. The van der Waals surface area contributed by atoms with Crippen LogP contribution in [0.5, 0.6) is 5.75 Å². The van der Waals surface area contributed by atoms with Gasteiger partial charge < -0.3 is 10.5 Å². The van der Waals surface area contributed by atoms with Gasteiger partial charge >= 0.3 is 0 Å². The summed E-state index contributed by atoms with van der Waals surface area (Å²) >= 11 is 0. The Balaban J connectivity index is 3.02. The summed E-state index contributed by atoms with van der Waals surface area (Å²) in [5.41, 5.74) is 5.83. The van der Waals surface area contributed by atoms with Crippen molar-refractivity contribution in [2.75, 3.05) is 18.6 Å². The molecule has 2 N–H and O–H groups in total. The van der Waals surface area contributed by atoms with Crippen LogP contribution in [0.4, 0.5) is 5.69 Å². The Bertz CT molecular complexity index is 532. The monoisotopic (exact) mass is 254 g/mol. The normalized spacial score (nSPS) is 10.8. The molecule has 1 rings (SSSR count). The number of unbranched alkanes of at least 4 members (excludes halogenated alkanes) is 1. The topological polar surface area (TPSA) is 93.2 Å². The summed E-state index contributed by atoms with van der Waals surface area (Å²) in [6.07, 6.45) is 0.512. The van der Waals surface area contributed by atoms with E-state index in [-0.39, 0.29) is 22.8 Å². The average molecular weight is 254 g/mol. The third-order valence-electron chi connectivity index (χ3n) is 2.26. The fourth-order valence-electron chi connectivity index (χ4n) is 1.36. The summed E-state index contributed by atoms with van der Waals surface area (Å²) in [6.45, 7) is 0. The minimum atomic E-state index is -3.45. The Morgan fingerprint density at radius 3 is 2.76 bits per heavy atom. The molecule has 0 aliphatic rings. The Kier molecular flexibility index (Phi) is 4.35. The largest absolute Gasteiger partial charge is 0.497 e. The van der Waals surface area contributed by atoms with Crippen molar-refractivity contribution in [3.8, 4) is 11.8 Å². The molecule has 17 heavy (non-hydrogen) atoms. The van der Waals surface area contributed by atoms with Crippen molar-refractivity contribution in [1.82, 2.24) is 0 Å². The predicted molar refractivity (Wildman–Crippen MR) is 64.3 cm³/mol. The van der Waals surface area contributed by atoms with E-state index in [1.807, 2.05) is 6.07 Å². The van der Waals surface area contributed by atoms with E-state index in [4.69, 9.17) is 15.7 Å². The van der Waals surface area contributed by atoms with E-state index in [2.05, 4.69) is 0 Å². The lowest BCUT2D eigenvalue weighted by atomic mass is 10.3. The molecule has 0 heterocycles. The number of nitrogens with two attached hydrogens (primary N) is 1. The van der Waals surface area contributed by atoms with Crippen LogP contribution in [0.3, 0.4) is 0 Å². The molecule has 0 amide bonds. The van der Waals surface area contributed by atoms with E-state index in [0.717, 1.165) is 0 Å². The zero-order valence-electron chi connectivity index (χ0n) is 9.51. The first-order valence-corrected chi connectivity index (χ1v) is 6.69. The quantitative estimate of drug-likeness (QED) is 0.632. The SMILES string of the molecule is COc1ccc(N)c(S(=O)(=O)CCCC#N)c1. The smallest absolute Gasteiger partial charge is 0.180 e. The van der Waals surface area contributed by atoms with E-state index in [0.29, 0.717) is 12.2 Å². The van der Waals surface area contributed by atoms with Gasteiger partial charge in [0.25, 0.3) is 0 Å². The highest BCUT2D eigenvalue weighted by atomic mass is 32.2. The summed E-state index contributed by atoms with van der Waals surface area (Å²) < 4.78 is 28.9. The molecule has 0 fully saturated rings. The number of nitrogens with zero attached hydrogens (tertiary/aromatic N) is 1. The molecule has 0 aromatic heterocycles. The number of nitriles is 1. The van der Waals surface area contributed by atoms with Crippen molar-refractivity contribution in [2.24, 2.45) is 0 Å². The zero-order valence-corrected chi connectivity index (χ0v) is 10.3. The zero-order chi connectivity index (χ0) is 12.9. The molecule has 0 spiro atoms. The fourth-order valence-corrected chi connectivity index (χ4v) is 2.83. The number of methoxy groups -OCH3 is 1. The Labute approximate surface area is 101 Å². The van der Waals surface area contributed by atoms with Crippen LogP contribution >= 0.6 is 0 Å².